The number of aromatic nitrogens is 4. The number of fused-ring (bicyclic) bond motifs is 2. The molecule has 2 fully saturated rings. The molecule has 0 aromatic carbocycles. The molecule has 21 heteroatoms. The first-order chi connectivity index (χ1) is 15.1. The fraction of sp³-hybridized carbons (Fsp3) is 0.583. The molecule has 184 valence electrons. The second-order valence-electron chi connectivity index (χ2n) is 7.61. The van der Waals surface area contributed by atoms with Gasteiger partial charge in [0, 0.05) is 5.41 Å². The molecule has 2 aliphatic rings. The molecule has 0 amide bonds. The van der Waals surface area contributed by atoms with E-state index in [1.54, 1.807) is 0 Å². The fourth-order valence-corrected chi connectivity index (χ4v) is 7.29. The minimum Gasteiger partial charge on any atom is -0.390 e. The van der Waals surface area contributed by atoms with E-state index in [1.807, 2.05) is 0 Å². The number of rotatable bonds is 8. The number of imidazole rings is 1. The van der Waals surface area contributed by atoms with E-state index >= 15 is 0 Å². The number of phosphoric acid groups is 3. The predicted octanol–water partition coefficient (Wildman–Crippen LogP) is -1.67. The number of H-pyrrole nitrogens is 1. The van der Waals surface area contributed by atoms with E-state index in [0.717, 1.165) is 0 Å². The number of hydrogen-bond donors (Lipinski definition) is 8. The van der Waals surface area contributed by atoms with Crippen LogP contribution in [0.3, 0.4) is 0 Å². The molecule has 2 aromatic rings. The standard InChI is InChI=1S/C12H18N5O13P3/c13-11-15-9-5(10(20)16-11)14-3-17(9)6-4-1-12(4,8(19)7(6)18)2-28-32(24,25)30-33(26,27)29-31(21,22)23/h3-4,6-8,18-19H,1-2H2,(H,24,25)(H,26,27)(H2,21,22,23)(H3,13,15,16,20)/t4-,6+,7-,8-,12+/m0/s1. The number of hydrogen-bond acceptors (Lipinski definition) is 12. The molecule has 18 nitrogen and oxygen atoms in total. The summed E-state index contributed by atoms with van der Waals surface area (Å²) < 4.78 is 47.4. The molecule has 7 atom stereocenters. The van der Waals surface area contributed by atoms with E-state index in [4.69, 9.17) is 15.5 Å². The number of aliphatic hydroxyl groups excluding tert-OH is 2. The fourth-order valence-electron chi connectivity index (χ4n) is 4.19. The summed E-state index contributed by atoms with van der Waals surface area (Å²) in [6.45, 7) is -0.751. The van der Waals surface area contributed by atoms with Crippen LogP contribution in [0.4, 0.5) is 5.95 Å². The second kappa shape index (κ2) is 7.75. The minimum absolute atomic E-state index is 0.0306. The highest BCUT2D eigenvalue weighted by Crippen LogP contribution is 2.71. The molecule has 2 heterocycles. The Morgan fingerprint density at radius 2 is 1.85 bits per heavy atom. The molecule has 0 saturated heterocycles. The van der Waals surface area contributed by atoms with E-state index in [1.165, 1.54) is 10.9 Å². The van der Waals surface area contributed by atoms with E-state index in [0.29, 0.717) is 0 Å². The molecule has 2 unspecified atom stereocenters. The van der Waals surface area contributed by atoms with Crippen LogP contribution in [0, 0.1) is 11.3 Å². The van der Waals surface area contributed by atoms with Gasteiger partial charge in [-0.15, -0.1) is 0 Å². The van der Waals surface area contributed by atoms with Crippen molar-refractivity contribution in [1.29, 1.82) is 0 Å². The number of nitrogen functional groups attached to an aromatic ring is 1. The van der Waals surface area contributed by atoms with Crippen molar-refractivity contribution < 1.29 is 56.6 Å². The lowest BCUT2D eigenvalue weighted by molar-refractivity contribution is -0.0297. The van der Waals surface area contributed by atoms with Crippen LogP contribution in [0.25, 0.3) is 11.2 Å². The topological polar surface area (TPSA) is 290 Å². The highest BCUT2D eigenvalue weighted by molar-refractivity contribution is 7.66. The second-order valence-corrected chi connectivity index (χ2v) is 12.0. The van der Waals surface area contributed by atoms with Crippen molar-refractivity contribution >= 4 is 40.6 Å². The minimum atomic E-state index is -5.70. The van der Waals surface area contributed by atoms with Crippen LogP contribution in [0.5, 0.6) is 0 Å². The van der Waals surface area contributed by atoms with Crippen molar-refractivity contribution in [2.45, 2.75) is 24.7 Å². The maximum Gasteiger partial charge on any atom is 0.490 e. The zero-order chi connectivity index (χ0) is 24.6. The average molecular weight is 533 g/mol. The number of aliphatic hydroxyl groups is 2. The van der Waals surface area contributed by atoms with Gasteiger partial charge in [-0.05, 0) is 12.3 Å². The Hall–Kier alpha value is -1.52. The van der Waals surface area contributed by atoms with Crippen molar-refractivity contribution in [3.05, 3.63) is 16.7 Å². The zero-order valence-electron chi connectivity index (χ0n) is 16.1. The molecule has 0 aliphatic heterocycles. The van der Waals surface area contributed by atoms with E-state index in [9.17, 15) is 38.5 Å². The van der Waals surface area contributed by atoms with Crippen LogP contribution in [0.2, 0.25) is 0 Å². The molecule has 0 radical (unpaired) electrons. The van der Waals surface area contributed by atoms with Gasteiger partial charge < -0.3 is 40.1 Å². The molecular weight excluding hydrogens is 515 g/mol. The molecule has 0 bridgehead atoms. The summed E-state index contributed by atoms with van der Waals surface area (Å²) >= 11 is 0. The van der Waals surface area contributed by atoms with E-state index in [2.05, 4.69) is 28.1 Å². The summed E-state index contributed by atoms with van der Waals surface area (Å²) in [5.41, 5.74) is 3.59. The van der Waals surface area contributed by atoms with E-state index < -0.39 is 65.2 Å². The molecule has 2 saturated carbocycles. The van der Waals surface area contributed by atoms with Gasteiger partial charge in [0.2, 0.25) is 5.95 Å². The first-order valence-corrected chi connectivity index (χ1v) is 13.4. The molecule has 33 heavy (non-hydrogen) atoms. The maximum absolute atomic E-state index is 12.0. The molecule has 2 aromatic heterocycles. The van der Waals surface area contributed by atoms with Crippen molar-refractivity contribution in [2.75, 3.05) is 12.3 Å². The average Bonchev–Trinajstić information content (AvgIpc) is 3.13. The Bertz CT molecular complexity index is 1310. The number of nitrogens with one attached hydrogen (secondary N) is 1. The van der Waals surface area contributed by atoms with Gasteiger partial charge in [0.1, 0.15) is 6.10 Å². The first-order valence-electron chi connectivity index (χ1n) is 8.92. The Labute approximate surface area is 182 Å². The van der Waals surface area contributed by atoms with Gasteiger partial charge in [-0.2, -0.15) is 13.6 Å². The molecular formula is C12H18N5O13P3. The number of aromatic amines is 1. The lowest BCUT2D eigenvalue weighted by Crippen LogP contribution is -2.36. The van der Waals surface area contributed by atoms with Crippen molar-refractivity contribution in [2.24, 2.45) is 11.3 Å². The summed E-state index contributed by atoms with van der Waals surface area (Å²) in [5.74, 6) is -0.786. The van der Waals surface area contributed by atoms with Crippen molar-refractivity contribution in [1.82, 2.24) is 19.5 Å². The van der Waals surface area contributed by atoms with Crippen LogP contribution in [-0.2, 0) is 26.8 Å². The lowest BCUT2D eigenvalue weighted by atomic mass is 10.0. The van der Waals surface area contributed by atoms with Gasteiger partial charge in [-0.1, -0.05) is 0 Å². The third-order valence-corrected chi connectivity index (χ3v) is 9.32. The molecule has 4 rings (SSSR count). The Morgan fingerprint density at radius 1 is 1.18 bits per heavy atom. The number of anilines is 1. The van der Waals surface area contributed by atoms with Crippen LogP contribution >= 0.6 is 23.5 Å². The molecule has 2 aliphatic carbocycles. The summed E-state index contributed by atoms with van der Waals surface area (Å²) in [6.07, 6.45) is -1.59. The monoisotopic (exact) mass is 533 g/mol. The molecule has 9 N–H and O–H groups in total. The maximum atomic E-state index is 12.0. The zero-order valence-corrected chi connectivity index (χ0v) is 18.8. The van der Waals surface area contributed by atoms with Gasteiger partial charge in [0.15, 0.2) is 11.2 Å². The van der Waals surface area contributed by atoms with E-state index in [-0.39, 0.29) is 23.5 Å². The third-order valence-electron chi connectivity index (χ3n) is 5.54. The van der Waals surface area contributed by atoms with Gasteiger partial charge in [-0.3, -0.25) is 14.3 Å². The highest BCUT2D eigenvalue weighted by atomic mass is 31.3. The smallest absolute Gasteiger partial charge is 0.390 e. The van der Waals surface area contributed by atoms with Crippen LogP contribution in [0.1, 0.15) is 12.5 Å². The van der Waals surface area contributed by atoms with Crippen LogP contribution < -0.4 is 11.3 Å². The van der Waals surface area contributed by atoms with Crippen LogP contribution in [-0.4, -0.2) is 68.1 Å². The Kier molecular flexibility index (Phi) is 5.77. The SMILES string of the molecule is Nc1nc2c(ncn2[C@H]2[C@H](O)[C@H](O)[C@@]3(COP(=O)(O)OP(=O)(O)OP(=O)(O)O)C[C@@H]23)c(=O)[nH]1. The predicted molar refractivity (Wildman–Crippen MR) is 104 cm³/mol. The summed E-state index contributed by atoms with van der Waals surface area (Å²) in [6, 6.07) is -0.886. The Morgan fingerprint density at radius 3 is 2.48 bits per heavy atom. The van der Waals surface area contributed by atoms with Gasteiger partial charge in [0.25, 0.3) is 5.56 Å². The molecule has 0 spiro atoms. The summed E-state index contributed by atoms with van der Waals surface area (Å²) in [5, 5.41) is 21.2. The van der Waals surface area contributed by atoms with Gasteiger partial charge in [-0.25, -0.2) is 18.7 Å². The summed E-state index contributed by atoms with van der Waals surface area (Å²) in [4.78, 5) is 58.2. The summed E-state index contributed by atoms with van der Waals surface area (Å²) in [7, 11) is -16.7. The Balaban J connectivity index is 1.53. The van der Waals surface area contributed by atoms with Crippen LogP contribution in [0.15, 0.2) is 11.1 Å². The normalized spacial score (nSPS) is 32.9. The van der Waals surface area contributed by atoms with Crippen molar-refractivity contribution in [3.63, 3.8) is 0 Å². The van der Waals surface area contributed by atoms with Gasteiger partial charge in [0.05, 0.1) is 25.1 Å². The first kappa shape index (κ1) is 24.6. The lowest BCUT2D eigenvalue weighted by Gasteiger charge is -2.24. The number of nitrogens with zero attached hydrogens (tertiary/aromatic N) is 3. The highest BCUT2D eigenvalue weighted by Gasteiger charge is 2.72. The third kappa shape index (κ3) is 4.58. The van der Waals surface area contributed by atoms with Crippen molar-refractivity contribution in [3.8, 4) is 0 Å². The quantitative estimate of drug-likeness (QED) is 0.176. The number of phosphoric ester groups is 1. The van der Waals surface area contributed by atoms with Gasteiger partial charge >= 0.3 is 23.5 Å². The number of nitrogens with two attached hydrogens (primary N) is 1. The largest absolute Gasteiger partial charge is 0.490 e.